The van der Waals surface area contributed by atoms with Gasteiger partial charge in [0.25, 0.3) is 0 Å². The van der Waals surface area contributed by atoms with E-state index in [1.807, 2.05) is 54.7 Å². The highest BCUT2D eigenvalue weighted by molar-refractivity contribution is 6.30. The van der Waals surface area contributed by atoms with Crippen LogP contribution in [0.4, 0.5) is 5.82 Å². The minimum atomic E-state index is -0.722. The summed E-state index contributed by atoms with van der Waals surface area (Å²) in [6.07, 6.45) is 3.48. The predicted molar refractivity (Wildman–Crippen MR) is 125 cm³/mol. The van der Waals surface area contributed by atoms with Crippen LogP contribution in [-0.4, -0.2) is 29.1 Å². The van der Waals surface area contributed by atoms with Gasteiger partial charge < -0.3 is 20.1 Å². The Bertz CT molecular complexity index is 1020. The van der Waals surface area contributed by atoms with E-state index in [9.17, 15) is 9.90 Å². The number of pyridine rings is 1. The lowest BCUT2D eigenvalue weighted by Gasteiger charge is -2.31. The summed E-state index contributed by atoms with van der Waals surface area (Å²) >= 11 is 5.90. The Labute approximate surface area is 192 Å². The Balaban J connectivity index is 1.24. The van der Waals surface area contributed by atoms with E-state index >= 15 is 0 Å². The van der Waals surface area contributed by atoms with E-state index < -0.39 is 5.97 Å². The SMILES string of the molecule is O=C(O)C1CCCN(c2ccc(CNCc3ccc(Oc4ccc(Cl)cc4)cc3)cn2)C1. The van der Waals surface area contributed by atoms with Crippen LogP contribution >= 0.6 is 11.6 Å². The van der Waals surface area contributed by atoms with Crippen molar-refractivity contribution < 1.29 is 14.6 Å². The van der Waals surface area contributed by atoms with Gasteiger partial charge in [-0.05, 0) is 66.4 Å². The number of halogens is 1. The Hall–Kier alpha value is -3.09. The van der Waals surface area contributed by atoms with E-state index in [1.54, 1.807) is 12.1 Å². The average Bonchev–Trinajstić information content (AvgIpc) is 2.82. The molecule has 0 saturated carbocycles. The number of rotatable bonds is 8. The molecule has 0 aliphatic carbocycles. The van der Waals surface area contributed by atoms with Gasteiger partial charge in [-0.15, -0.1) is 0 Å². The highest BCUT2D eigenvalue weighted by Crippen LogP contribution is 2.24. The first-order chi connectivity index (χ1) is 15.6. The molecule has 1 aliphatic heterocycles. The van der Waals surface area contributed by atoms with Gasteiger partial charge in [-0.2, -0.15) is 0 Å². The second-order valence-electron chi connectivity index (χ2n) is 7.95. The number of piperidine rings is 1. The highest BCUT2D eigenvalue weighted by atomic mass is 35.5. The maximum Gasteiger partial charge on any atom is 0.308 e. The Morgan fingerprint density at radius 3 is 2.34 bits per heavy atom. The first kappa shape index (κ1) is 22.1. The maximum absolute atomic E-state index is 11.3. The van der Waals surface area contributed by atoms with Crippen molar-refractivity contribution >= 4 is 23.4 Å². The Morgan fingerprint density at radius 2 is 1.69 bits per heavy atom. The first-order valence-corrected chi connectivity index (χ1v) is 11.1. The molecule has 6 nitrogen and oxygen atoms in total. The van der Waals surface area contributed by atoms with E-state index in [-0.39, 0.29) is 5.92 Å². The molecule has 1 aliphatic rings. The number of carboxylic acid groups (broad SMARTS) is 1. The van der Waals surface area contributed by atoms with Crippen molar-refractivity contribution in [1.29, 1.82) is 0 Å². The second kappa shape index (κ2) is 10.5. The fraction of sp³-hybridized carbons (Fsp3) is 0.280. The normalized spacial score (nSPS) is 16.0. The molecule has 2 aromatic carbocycles. The molecule has 3 aromatic rings. The lowest BCUT2D eigenvalue weighted by molar-refractivity contribution is -0.141. The number of benzene rings is 2. The summed E-state index contributed by atoms with van der Waals surface area (Å²) in [5.41, 5.74) is 2.24. The maximum atomic E-state index is 11.3. The van der Waals surface area contributed by atoms with Crippen LogP contribution < -0.4 is 15.0 Å². The molecule has 2 N–H and O–H groups in total. The lowest BCUT2D eigenvalue weighted by atomic mass is 9.98. The van der Waals surface area contributed by atoms with Gasteiger partial charge in [0.05, 0.1) is 5.92 Å². The van der Waals surface area contributed by atoms with Crippen LogP contribution in [0.5, 0.6) is 11.5 Å². The molecule has 1 atom stereocenters. The molecule has 2 heterocycles. The van der Waals surface area contributed by atoms with Crippen LogP contribution in [0.25, 0.3) is 0 Å². The summed E-state index contributed by atoms with van der Waals surface area (Å²) in [5, 5.41) is 13.4. The number of carbonyl (C=O) groups is 1. The van der Waals surface area contributed by atoms with E-state index in [0.29, 0.717) is 18.1 Å². The van der Waals surface area contributed by atoms with Crippen LogP contribution in [0.15, 0.2) is 66.9 Å². The second-order valence-corrected chi connectivity index (χ2v) is 8.39. The molecule has 166 valence electrons. The first-order valence-electron chi connectivity index (χ1n) is 10.7. The van der Waals surface area contributed by atoms with E-state index in [0.717, 1.165) is 54.4 Å². The largest absolute Gasteiger partial charge is 0.481 e. The number of aliphatic carboxylic acids is 1. The zero-order valence-corrected chi connectivity index (χ0v) is 18.5. The zero-order valence-electron chi connectivity index (χ0n) is 17.7. The lowest BCUT2D eigenvalue weighted by Crippen LogP contribution is -2.39. The third kappa shape index (κ3) is 5.99. The molecule has 7 heteroatoms. The van der Waals surface area contributed by atoms with Gasteiger partial charge in [-0.1, -0.05) is 29.8 Å². The Morgan fingerprint density at radius 1 is 1.03 bits per heavy atom. The molecule has 1 aromatic heterocycles. The van der Waals surface area contributed by atoms with Crippen LogP contribution in [-0.2, 0) is 17.9 Å². The highest BCUT2D eigenvalue weighted by Gasteiger charge is 2.25. The summed E-state index contributed by atoms with van der Waals surface area (Å²) < 4.78 is 5.82. The monoisotopic (exact) mass is 451 g/mol. The fourth-order valence-corrected chi connectivity index (χ4v) is 3.89. The number of carboxylic acids is 1. The van der Waals surface area contributed by atoms with Crippen molar-refractivity contribution in [1.82, 2.24) is 10.3 Å². The van der Waals surface area contributed by atoms with Gasteiger partial charge in [-0.25, -0.2) is 4.98 Å². The van der Waals surface area contributed by atoms with Crippen molar-refractivity contribution in [3.63, 3.8) is 0 Å². The molecular weight excluding hydrogens is 426 g/mol. The van der Waals surface area contributed by atoms with Gasteiger partial charge in [0, 0.05) is 37.4 Å². The summed E-state index contributed by atoms with van der Waals surface area (Å²) in [5.74, 6) is 1.34. The van der Waals surface area contributed by atoms with Gasteiger partial charge in [0.15, 0.2) is 0 Å². The van der Waals surface area contributed by atoms with Gasteiger partial charge >= 0.3 is 5.97 Å². The molecule has 0 bridgehead atoms. The smallest absolute Gasteiger partial charge is 0.308 e. The molecule has 4 rings (SSSR count). The molecule has 0 amide bonds. The molecule has 0 spiro atoms. The van der Waals surface area contributed by atoms with E-state index in [4.69, 9.17) is 16.3 Å². The van der Waals surface area contributed by atoms with E-state index in [2.05, 4.69) is 15.2 Å². The van der Waals surface area contributed by atoms with Crippen molar-refractivity contribution in [3.05, 3.63) is 83.0 Å². The van der Waals surface area contributed by atoms with Crippen molar-refractivity contribution in [2.45, 2.75) is 25.9 Å². The predicted octanol–water partition coefficient (Wildman–Crippen LogP) is 5.12. The molecular formula is C25H26ClN3O3. The molecule has 1 fully saturated rings. The summed E-state index contributed by atoms with van der Waals surface area (Å²) in [6.45, 7) is 2.81. The van der Waals surface area contributed by atoms with Crippen LogP contribution in [0.1, 0.15) is 24.0 Å². The van der Waals surface area contributed by atoms with Crippen molar-refractivity contribution in [2.75, 3.05) is 18.0 Å². The number of hydrogen-bond donors (Lipinski definition) is 2. The topological polar surface area (TPSA) is 74.7 Å². The third-order valence-corrected chi connectivity index (χ3v) is 5.79. The van der Waals surface area contributed by atoms with Gasteiger partial charge in [-0.3, -0.25) is 4.79 Å². The quantitative estimate of drug-likeness (QED) is 0.495. The van der Waals surface area contributed by atoms with Gasteiger partial charge in [0.2, 0.25) is 0 Å². The number of hydrogen-bond acceptors (Lipinski definition) is 5. The van der Waals surface area contributed by atoms with Crippen molar-refractivity contribution in [3.8, 4) is 11.5 Å². The number of nitrogens with zero attached hydrogens (tertiary/aromatic N) is 2. The number of nitrogens with one attached hydrogen (secondary N) is 1. The molecule has 0 radical (unpaired) electrons. The minimum Gasteiger partial charge on any atom is -0.481 e. The van der Waals surface area contributed by atoms with Crippen molar-refractivity contribution in [2.24, 2.45) is 5.92 Å². The van der Waals surface area contributed by atoms with Crippen LogP contribution in [0, 0.1) is 5.92 Å². The summed E-state index contributed by atoms with van der Waals surface area (Å²) in [6, 6.07) is 19.3. The summed E-state index contributed by atoms with van der Waals surface area (Å²) in [7, 11) is 0. The summed E-state index contributed by atoms with van der Waals surface area (Å²) in [4.78, 5) is 17.9. The molecule has 1 unspecified atom stereocenters. The van der Waals surface area contributed by atoms with E-state index in [1.165, 1.54) is 0 Å². The minimum absolute atomic E-state index is 0.310. The zero-order chi connectivity index (χ0) is 22.3. The molecule has 32 heavy (non-hydrogen) atoms. The molecule has 1 saturated heterocycles. The van der Waals surface area contributed by atoms with Crippen LogP contribution in [0.3, 0.4) is 0 Å². The number of anilines is 1. The Kier molecular flexibility index (Phi) is 7.24. The third-order valence-electron chi connectivity index (χ3n) is 5.53. The van der Waals surface area contributed by atoms with Gasteiger partial charge in [0.1, 0.15) is 17.3 Å². The number of ether oxygens (including phenoxy) is 1. The standard InChI is InChI=1S/C25H26ClN3O3/c26-21-6-10-23(11-7-21)32-22-8-3-18(4-9-22)14-27-15-19-5-12-24(28-16-19)29-13-1-2-20(17-29)25(30)31/h3-12,16,20,27H,1-2,13-15,17H2,(H,30,31). The average molecular weight is 452 g/mol. The number of aromatic nitrogens is 1. The fourth-order valence-electron chi connectivity index (χ4n) is 3.76. The van der Waals surface area contributed by atoms with Crippen LogP contribution in [0.2, 0.25) is 5.02 Å².